The van der Waals surface area contributed by atoms with Crippen LogP contribution in [0.2, 0.25) is 0 Å². The van der Waals surface area contributed by atoms with Crippen molar-refractivity contribution in [2.75, 3.05) is 5.43 Å². The van der Waals surface area contributed by atoms with Crippen LogP contribution in [0.5, 0.6) is 0 Å². The molecule has 2 aromatic heterocycles. The van der Waals surface area contributed by atoms with Crippen molar-refractivity contribution in [2.45, 2.75) is 13.8 Å². The quantitative estimate of drug-likeness (QED) is 0.546. The van der Waals surface area contributed by atoms with Crippen molar-refractivity contribution in [1.82, 2.24) is 15.3 Å². The molecule has 0 atom stereocenters. The number of thiazole rings is 1. The molecular formula is C14H12BrN5OS. The van der Waals surface area contributed by atoms with Gasteiger partial charge in [-0.15, -0.1) is 11.3 Å². The Labute approximate surface area is 139 Å². The van der Waals surface area contributed by atoms with Crippen LogP contribution in [-0.2, 0) is 0 Å². The number of nitrogens with zero attached hydrogens (tertiary/aromatic N) is 4. The summed E-state index contributed by atoms with van der Waals surface area (Å²) in [7, 11) is 0. The maximum absolute atomic E-state index is 4.66. The molecule has 1 N–H and O–H groups in total. The number of hydrazone groups is 1. The van der Waals surface area contributed by atoms with Gasteiger partial charge in [-0.05, 0) is 31.1 Å². The lowest BCUT2D eigenvalue weighted by atomic mass is 10.2. The zero-order valence-electron chi connectivity index (χ0n) is 11.9. The Balaban J connectivity index is 1.75. The molecule has 0 aliphatic rings. The maximum atomic E-state index is 4.66. The van der Waals surface area contributed by atoms with Gasteiger partial charge in [-0.2, -0.15) is 5.10 Å². The molecule has 0 amide bonds. The van der Waals surface area contributed by atoms with E-state index in [1.165, 1.54) is 11.3 Å². The molecule has 2 heterocycles. The predicted octanol–water partition coefficient (Wildman–Crippen LogP) is 4.10. The first-order valence-electron chi connectivity index (χ1n) is 6.45. The molecule has 3 aromatic rings. The van der Waals surface area contributed by atoms with Crippen LogP contribution in [0.25, 0.3) is 11.3 Å². The van der Waals surface area contributed by atoms with Crippen LogP contribution >= 0.6 is 27.3 Å². The van der Waals surface area contributed by atoms with Crippen LogP contribution in [0, 0.1) is 6.92 Å². The third-order valence-corrected chi connectivity index (χ3v) is 4.23. The second kappa shape index (κ2) is 6.37. The van der Waals surface area contributed by atoms with Gasteiger partial charge in [0.2, 0.25) is 5.13 Å². The second-order valence-corrected chi connectivity index (χ2v) is 6.33. The van der Waals surface area contributed by atoms with Gasteiger partial charge in [0.1, 0.15) is 5.69 Å². The Kier molecular flexibility index (Phi) is 4.30. The Morgan fingerprint density at radius 3 is 2.73 bits per heavy atom. The van der Waals surface area contributed by atoms with E-state index < -0.39 is 0 Å². The van der Waals surface area contributed by atoms with Crippen molar-refractivity contribution < 1.29 is 4.63 Å². The molecule has 0 aliphatic heterocycles. The average Bonchev–Trinajstić information content (AvgIpc) is 3.14. The molecule has 3 rings (SSSR count). The molecule has 112 valence electrons. The Hall–Kier alpha value is -2.06. The van der Waals surface area contributed by atoms with E-state index in [1.807, 2.05) is 43.5 Å². The van der Waals surface area contributed by atoms with Gasteiger partial charge in [0, 0.05) is 15.4 Å². The summed E-state index contributed by atoms with van der Waals surface area (Å²) >= 11 is 4.91. The van der Waals surface area contributed by atoms with Crippen LogP contribution in [0.1, 0.15) is 18.3 Å². The number of nitrogens with one attached hydrogen (secondary N) is 1. The van der Waals surface area contributed by atoms with E-state index >= 15 is 0 Å². The summed E-state index contributed by atoms with van der Waals surface area (Å²) < 4.78 is 5.71. The van der Waals surface area contributed by atoms with Gasteiger partial charge < -0.3 is 0 Å². The van der Waals surface area contributed by atoms with Crippen molar-refractivity contribution in [2.24, 2.45) is 5.10 Å². The van der Waals surface area contributed by atoms with Crippen LogP contribution in [0.15, 0.2) is 43.8 Å². The molecule has 1 aromatic carbocycles. The average molecular weight is 378 g/mol. The first-order valence-corrected chi connectivity index (χ1v) is 8.12. The number of halogens is 1. The van der Waals surface area contributed by atoms with E-state index in [0.29, 0.717) is 22.2 Å². The third-order valence-electron chi connectivity index (χ3n) is 2.96. The topological polar surface area (TPSA) is 76.2 Å². The summed E-state index contributed by atoms with van der Waals surface area (Å²) in [6.07, 6.45) is 0. The predicted molar refractivity (Wildman–Crippen MR) is 90.1 cm³/mol. The van der Waals surface area contributed by atoms with Crippen molar-refractivity contribution in [3.63, 3.8) is 0 Å². The van der Waals surface area contributed by atoms with E-state index in [2.05, 4.69) is 46.4 Å². The SMILES string of the molecule is CC(=NNc1nc(-c2ccc(Br)cc2)cs1)c1nonc1C. The van der Waals surface area contributed by atoms with Gasteiger partial charge in [-0.25, -0.2) is 9.61 Å². The molecule has 8 heteroatoms. The first kappa shape index (κ1) is 14.9. The molecule has 0 unspecified atom stereocenters. The minimum atomic E-state index is 0.636. The van der Waals surface area contributed by atoms with Gasteiger partial charge in [0.15, 0.2) is 5.69 Å². The fourth-order valence-electron chi connectivity index (χ4n) is 1.82. The fraction of sp³-hybridized carbons (Fsp3) is 0.143. The van der Waals surface area contributed by atoms with Crippen LogP contribution < -0.4 is 5.43 Å². The van der Waals surface area contributed by atoms with E-state index in [4.69, 9.17) is 0 Å². The first-order chi connectivity index (χ1) is 10.6. The van der Waals surface area contributed by atoms with Crippen molar-refractivity contribution >= 4 is 38.1 Å². The summed E-state index contributed by atoms with van der Waals surface area (Å²) in [4.78, 5) is 4.51. The number of hydrogen-bond donors (Lipinski definition) is 1. The van der Waals surface area contributed by atoms with Gasteiger partial charge in [0.05, 0.1) is 11.4 Å². The van der Waals surface area contributed by atoms with Gasteiger partial charge in [0.25, 0.3) is 0 Å². The molecule has 0 saturated heterocycles. The third kappa shape index (κ3) is 3.23. The zero-order valence-corrected chi connectivity index (χ0v) is 14.3. The Morgan fingerprint density at radius 2 is 2.05 bits per heavy atom. The smallest absolute Gasteiger partial charge is 0.203 e. The summed E-state index contributed by atoms with van der Waals surface area (Å²) in [6, 6.07) is 8.01. The van der Waals surface area contributed by atoms with Crippen molar-refractivity contribution in [3.8, 4) is 11.3 Å². The van der Waals surface area contributed by atoms with Gasteiger partial charge in [-0.1, -0.05) is 33.2 Å². The fourth-order valence-corrected chi connectivity index (χ4v) is 2.75. The highest BCUT2D eigenvalue weighted by Crippen LogP contribution is 2.26. The molecule has 0 radical (unpaired) electrons. The lowest BCUT2D eigenvalue weighted by Gasteiger charge is -1.98. The minimum absolute atomic E-state index is 0.636. The number of anilines is 1. The standard InChI is InChI=1S/C14H12BrN5OS/c1-8(13-9(2)19-21-20-13)17-18-14-16-12(7-22-14)10-3-5-11(15)6-4-10/h3-7H,1-2H3,(H,16,18). The molecular weight excluding hydrogens is 366 g/mol. The highest BCUT2D eigenvalue weighted by Gasteiger charge is 2.09. The largest absolute Gasteiger partial charge is 0.252 e. The second-order valence-electron chi connectivity index (χ2n) is 4.55. The van der Waals surface area contributed by atoms with Crippen molar-refractivity contribution in [3.05, 3.63) is 45.5 Å². The van der Waals surface area contributed by atoms with Gasteiger partial charge >= 0.3 is 0 Å². The van der Waals surface area contributed by atoms with E-state index in [9.17, 15) is 0 Å². The summed E-state index contributed by atoms with van der Waals surface area (Å²) in [6.45, 7) is 3.66. The Morgan fingerprint density at radius 1 is 1.27 bits per heavy atom. The van der Waals surface area contributed by atoms with E-state index in [1.54, 1.807) is 0 Å². The maximum Gasteiger partial charge on any atom is 0.203 e. The highest BCUT2D eigenvalue weighted by atomic mass is 79.9. The molecule has 0 spiro atoms. The number of benzene rings is 1. The van der Waals surface area contributed by atoms with Crippen molar-refractivity contribution in [1.29, 1.82) is 0 Å². The molecule has 0 aliphatic carbocycles. The molecule has 6 nitrogen and oxygen atoms in total. The summed E-state index contributed by atoms with van der Waals surface area (Å²) in [5.74, 6) is 0. The van der Waals surface area contributed by atoms with Crippen LogP contribution in [-0.4, -0.2) is 21.0 Å². The summed E-state index contributed by atoms with van der Waals surface area (Å²) in [5.41, 5.74) is 6.94. The normalized spacial score (nSPS) is 11.7. The number of hydrogen-bond acceptors (Lipinski definition) is 7. The molecule has 22 heavy (non-hydrogen) atoms. The lowest BCUT2D eigenvalue weighted by Crippen LogP contribution is -2.01. The van der Waals surface area contributed by atoms with E-state index in [0.717, 1.165) is 15.7 Å². The summed E-state index contributed by atoms with van der Waals surface area (Å²) in [5, 5.41) is 14.5. The zero-order chi connectivity index (χ0) is 15.5. The number of aromatic nitrogens is 3. The lowest BCUT2D eigenvalue weighted by molar-refractivity contribution is 0.304. The number of aryl methyl sites for hydroxylation is 1. The number of rotatable bonds is 4. The minimum Gasteiger partial charge on any atom is -0.252 e. The molecule has 0 saturated carbocycles. The highest BCUT2D eigenvalue weighted by molar-refractivity contribution is 9.10. The van der Waals surface area contributed by atoms with E-state index in [-0.39, 0.29) is 0 Å². The molecule has 0 fully saturated rings. The molecule has 0 bridgehead atoms. The van der Waals surface area contributed by atoms with Crippen LogP contribution in [0.4, 0.5) is 5.13 Å². The van der Waals surface area contributed by atoms with Crippen LogP contribution in [0.3, 0.4) is 0 Å². The van der Waals surface area contributed by atoms with Gasteiger partial charge in [-0.3, -0.25) is 5.43 Å². The Bertz CT molecular complexity index is 809. The monoisotopic (exact) mass is 377 g/mol.